The Morgan fingerprint density at radius 2 is 1.09 bits per heavy atom. The molecule has 3 N–H and O–H groups in total. The van der Waals surface area contributed by atoms with Crippen LogP contribution >= 0.6 is 0 Å². The maximum absolute atomic E-state index is 10.6. The van der Waals surface area contributed by atoms with Crippen LogP contribution in [0.5, 0.6) is 0 Å². The highest BCUT2D eigenvalue weighted by Gasteiger charge is 2.47. The van der Waals surface area contributed by atoms with Crippen molar-refractivity contribution in [3.8, 4) is 0 Å². The van der Waals surface area contributed by atoms with E-state index in [0.29, 0.717) is 5.41 Å². The fraction of sp³-hybridized carbons (Fsp3) is 0.440. The lowest BCUT2D eigenvalue weighted by Gasteiger charge is -2.48. The van der Waals surface area contributed by atoms with Crippen LogP contribution in [0, 0.1) is 5.41 Å². The molecule has 43 heavy (non-hydrogen) atoms. The number of aliphatic carboxylic acids is 3. The fourth-order valence-corrected chi connectivity index (χ4v) is 4.00. The molecule has 3 heterocycles. The van der Waals surface area contributed by atoms with Gasteiger partial charge in [0.25, 0.3) is 0 Å². The molecule has 0 bridgehead atoms. The highest BCUT2D eigenvalue weighted by molar-refractivity contribution is 5.73. The van der Waals surface area contributed by atoms with E-state index >= 15 is 0 Å². The van der Waals surface area contributed by atoms with E-state index in [4.69, 9.17) is 29.7 Å². The maximum Gasteiger partial charge on any atom is 0.490 e. The number of hydrogen-bond donors (Lipinski definition) is 3. The summed E-state index contributed by atoms with van der Waals surface area (Å²) >= 11 is 0. The molecule has 1 spiro atoms. The molecule has 1 aromatic carbocycles. The predicted octanol–water partition coefficient (Wildman–Crippen LogP) is 4.69. The van der Waals surface area contributed by atoms with Crippen molar-refractivity contribution in [2.75, 3.05) is 26.2 Å². The largest absolute Gasteiger partial charge is 0.490 e. The topological polar surface area (TPSA) is 131 Å². The molecule has 0 saturated carbocycles. The number of pyridine rings is 1. The molecule has 4 rings (SSSR count). The number of halogens is 9. The standard InChI is InChI=1S/C19H23N3.3C2HF3O2/c1-2-6-17(7-3-1)12-21-11-9-19(14-21)15-22(16-19)13-18-8-4-5-10-20-18;3*3-2(4,5)1(6)7/h1-8,10H,9,11-16H2;3*(H,6,7). The number of rotatable bonds is 4. The maximum atomic E-state index is 10.6. The summed E-state index contributed by atoms with van der Waals surface area (Å²) in [6.07, 6.45) is -12.0. The van der Waals surface area contributed by atoms with Crippen LogP contribution in [0.3, 0.4) is 0 Å². The fourth-order valence-electron chi connectivity index (χ4n) is 4.00. The number of carboxylic acid groups (broad SMARTS) is 3. The number of alkyl halides is 9. The number of likely N-dealkylation sites (tertiary alicyclic amines) is 2. The normalized spacial score (nSPS) is 16.3. The summed E-state index contributed by atoms with van der Waals surface area (Å²) < 4.78 is 95.2. The van der Waals surface area contributed by atoms with E-state index in [1.807, 2.05) is 12.3 Å². The first kappa shape index (κ1) is 37.1. The number of hydrogen-bond acceptors (Lipinski definition) is 6. The molecule has 0 amide bonds. The van der Waals surface area contributed by atoms with Crippen molar-refractivity contribution >= 4 is 17.9 Å². The molecule has 2 fully saturated rings. The van der Waals surface area contributed by atoms with Gasteiger partial charge in [-0.1, -0.05) is 36.4 Å². The van der Waals surface area contributed by atoms with Gasteiger partial charge >= 0.3 is 36.4 Å². The molecular formula is C25H26F9N3O6. The molecule has 240 valence electrons. The Morgan fingerprint density at radius 1 is 0.674 bits per heavy atom. The minimum Gasteiger partial charge on any atom is -0.475 e. The average Bonchev–Trinajstić information content (AvgIpc) is 3.28. The Morgan fingerprint density at radius 3 is 1.49 bits per heavy atom. The molecule has 2 aromatic rings. The molecule has 18 heteroatoms. The Balaban J connectivity index is 0.000000363. The van der Waals surface area contributed by atoms with Gasteiger partial charge in [-0.3, -0.25) is 14.8 Å². The molecule has 0 aliphatic carbocycles. The zero-order valence-corrected chi connectivity index (χ0v) is 22.0. The Kier molecular flexibility index (Phi) is 13.4. The Bertz CT molecular complexity index is 1110. The third-order valence-corrected chi connectivity index (χ3v) is 5.72. The number of carbonyl (C=O) groups is 3. The van der Waals surface area contributed by atoms with Gasteiger partial charge in [-0.25, -0.2) is 14.4 Å². The van der Waals surface area contributed by atoms with Gasteiger partial charge in [0.15, 0.2) is 0 Å². The van der Waals surface area contributed by atoms with Crippen molar-refractivity contribution in [2.24, 2.45) is 5.41 Å². The van der Waals surface area contributed by atoms with E-state index in [-0.39, 0.29) is 0 Å². The van der Waals surface area contributed by atoms with Crippen molar-refractivity contribution < 1.29 is 69.2 Å². The smallest absolute Gasteiger partial charge is 0.475 e. The van der Waals surface area contributed by atoms with E-state index in [9.17, 15) is 39.5 Å². The molecule has 0 radical (unpaired) electrons. The number of benzene rings is 1. The summed E-state index contributed by atoms with van der Waals surface area (Å²) in [5.74, 6) is -8.27. The van der Waals surface area contributed by atoms with Crippen molar-refractivity contribution in [1.82, 2.24) is 14.8 Å². The summed E-state index contributed by atoms with van der Waals surface area (Å²) in [4.78, 5) is 36.3. The third-order valence-electron chi connectivity index (χ3n) is 5.72. The second kappa shape index (κ2) is 15.5. The van der Waals surface area contributed by atoms with E-state index in [0.717, 1.165) is 13.1 Å². The van der Waals surface area contributed by atoms with Crippen molar-refractivity contribution in [3.63, 3.8) is 0 Å². The summed E-state index contributed by atoms with van der Waals surface area (Å²) in [5.41, 5.74) is 3.17. The first-order valence-corrected chi connectivity index (χ1v) is 11.9. The quantitative estimate of drug-likeness (QED) is 0.410. The number of aromatic nitrogens is 1. The molecule has 2 aliphatic rings. The molecule has 2 saturated heterocycles. The zero-order chi connectivity index (χ0) is 33.1. The van der Waals surface area contributed by atoms with Crippen LogP contribution in [0.1, 0.15) is 17.7 Å². The van der Waals surface area contributed by atoms with Crippen LogP contribution in [0.4, 0.5) is 39.5 Å². The van der Waals surface area contributed by atoms with Crippen molar-refractivity contribution in [3.05, 3.63) is 66.0 Å². The van der Waals surface area contributed by atoms with Crippen LogP contribution in [-0.2, 0) is 27.5 Å². The van der Waals surface area contributed by atoms with Crippen LogP contribution in [0.2, 0.25) is 0 Å². The van der Waals surface area contributed by atoms with Gasteiger partial charge in [0, 0.05) is 44.3 Å². The van der Waals surface area contributed by atoms with Gasteiger partial charge in [-0.05, 0) is 30.7 Å². The molecular weight excluding hydrogens is 609 g/mol. The lowest BCUT2D eigenvalue weighted by atomic mass is 9.79. The second-order valence-corrected chi connectivity index (χ2v) is 9.32. The van der Waals surface area contributed by atoms with Gasteiger partial charge in [0.2, 0.25) is 0 Å². The molecule has 0 unspecified atom stereocenters. The molecule has 2 aliphatic heterocycles. The zero-order valence-electron chi connectivity index (χ0n) is 22.0. The highest BCUT2D eigenvalue weighted by Crippen LogP contribution is 2.40. The van der Waals surface area contributed by atoms with Crippen LogP contribution < -0.4 is 0 Å². The first-order chi connectivity index (χ1) is 19.6. The minimum atomic E-state index is -5.08. The summed E-state index contributed by atoms with van der Waals surface area (Å²) in [6, 6.07) is 17.0. The van der Waals surface area contributed by atoms with E-state index in [2.05, 4.69) is 57.2 Å². The Hall–Kier alpha value is -3.93. The molecule has 0 atom stereocenters. The SMILES string of the molecule is O=C(O)C(F)(F)F.O=C(O)C(F)(F)F.O=C(O)C(F)(F)F.c1ccc(CN2CCC3(C2)CN(Cc2ccccn2)C3)cc1. The van der Waals surface area contributed by atoms with Crippen LogP contribution in [-0.4, -0.2) is 92.7 Å². The lowest BCUT2D eigenvalue weighted by Crippen LogP contribution is -2.56. The third kappa shape index (κ3) is 14.2. The van der Waals surface area contributed by atoms with Crippen LogP contribution in [0.25, 0.3) is 0 Å². The first-order valence-electron chi connectivity index (χ1n) is 11.9. The monoisotopic (exact) mass is 635 g/mol. The Labute approximate surface area is 238 Å². The van der Waals surface area contributed by atoms with E-state index in [1.165, 1.54) is 43.9 Å². The average molecular weight is 635 g/mol. The van der Waals surface area contributed by atoms with Gasteiger partial charge in [-0.15, -0.1) is 0 Å². The van der Waals surface area contributed by atoms with Crippen molar-refractivity contribution in [1.29, 1.82) is 0 Å². The number of carboxylic acids is 3. The highest BCUT2D eigenvalue weighted by atomic mass is 19.4. The van der Waals surface area contributed by atoms with Gasteiger partial charge in [0.1, 0.15) is 0 Å². The molecule has 9 nitrogen and oxygen atoms in total. The van der Waals surface area contributed by atoms with Crippen molar-refractivity contribution in [2.45, 2.75) is 38.0 Å². The van der Waals surface area contributed by atoms with Crippen LogP contribution in [0.15, 0.2) is 54.7 Å². The van der Waals surface area contributed by atoms with E-state index < -0.39 is 36.4 Å². The summed E-state index contributed by atoms with van der Waals surface area (Å²) in [5, 5.41) is 21.4. The second-order valence-electron chi connectivity index (χ2n) is 9.32. The predicted molar refractivity (Wildman–Crippen MR) is 129 cm³/mol. The molecule has 1 aromatic heterocycles. The van der Waals surface area contributed by atoms with E-state index in [1.54, 1.807) is 0 Å². The lowest BCUT2D eigenvalue weighted by molar-refractivity contribution is -0.193. The summed E-state index contributed by atoms with van der Waals surface area (Å²) in [6.45, 7) is 7.06. The van der Waals surface area contributed by atoms with Gasteiger partial charge in [-0.2, -0.15) is 39.5 Å². The minimum absolute atomic E-state index is 0.545. The number of nitrogens with zero attached hydrogens (tertiary/aromatic N) is 3. The van der Waals surface area contributed by atoms with Gasteiger partial charge in [0.05, 0.1) is 5.69 Å². The van der Waals surface area contributed by atoms with Gasteiger partial charge < -0.3 is 15.3 Å². The summed E-state index contributed by atoms with van der Waals surface area (Å²) in [7, 11) is 0.